The summed E-state index contributed by atoms with van der Waals surface area (Å²) in [4.78, 5) is 38.9. The molecule has 9 nitrogen and oxygen atoms in total. The van der Waals surface area contributed by atoms with Crippen LogP contribution in [-0.4, -0.2) is 53.4 Å². The van der Waals surface area contributed by atoms with E-state index in [1.54, 1.807) is 0 Å². The predicted octanol–water partition coefficient (Wildman–Crippen LogP) is 3.96. The van der Waals surface area contributed by atoms with Gasteiger partial charge < -0.3 is 18.9 Å². The SMILES string of the molecule is COC(C(OC(C)=O)[C@@H](CCOC(C)=O)OC(C)=O)n1c(Cl)nc2cc(Cl)c(Cl)cc21. The molecule has 31 heavy (non-hydrogen) atoms. The zero-order chi connectivity index (χ0) is 23.3. The molecule has 0 radical (unpaired) electrons. The third kappa shape index (κ3) is 6.46. The lowest BCUT2D eigenvalue weighted by molar-refractivity contribution is -0.186. The van der Waals surface area contributed by atoms with Crippen LogP contribution >= 0.6 is 34.8 Å². The zero-order valence-corrected chi connectivity index (χ0v) is 19.5. The second kappa shape index (κ2) is 11.0. The number of benzene rings is 1. The third-order valence-electron chi connectivity index (χ3n) is 4.16. The Morgan fingerprint density at radius 3 is 2.16 bits per heavy atom. The standard InChI is InChI=1S/C19H21Cl3N2O7/c1-9(25)29-6-5-16(30-10(2)26)17(31-11(3)27)18(28-4)24-15-8-13(21)12(20)7-14(15)23-19(24)22/h7-8,16-18H,5-6H2,1-4H3/t16-,17?,18?/m1/s1. The summed E-state index contributed by atoms with van der Waals surface area (Å²) in [6.45, 7) is 3.56. The minimum Gasteiger partial charge on any atom is -0.466 e. The molecule has 1 aromatic heterocycles. The van der Waals surface area contributed by atoms with E-state index in [0.717, 1.165) is 0 Å². The quantitative estimate of drug-likeness (QED) is 0.380. The van der Waals surface area contributed by atoms with Crippen molar-refractivity contribution < 1.29 is 33.3 Å². The smallest absolute Gasteiger partial charge is 0.303 e. The van der Waals surface area contributed by atoms with Crippen LogP contribution in [0.1, 0.15) is 33.4 Å². The Morgan fingerprint density at radius 2 is 1.61 bits per heavy atom. The van der Waals surface area contributed by atoms with Crippen LogP contribution in [0.2, 0.25) is 15.3 Å². The van der Waals surface area contributed by atoms with Crippen LogP contribution in [-0.2, 0) is 33.3 Å². The van der Waals surface area contributed by atoms with Gasteiger partial charge in [0.1, 0.15) is 6.10 Å². The van der Waals surface area contributed by atoms with Crippen molar-refractivity contribution in [1.82, 2.24) is 9.55 Å². The van der Waals surface area contributed by atoms with Gasteiger partial charge in [-0.15, -0.1) is 0 Å². The molecule has 0 bridgehead atoms. The van der Waals surface area contributed by atoms with Gasteiger partial charge in [-0.2, -0.15) is 0 Å². The van der Waals surface area contributed by atoms with E-state index in [4.69, 9.17) is 53.8 Å². The Hall–Kier alpha value is -2.07. The number of hydrogen-bond donors (Lipinski definition) is 0. The average Bonchev–Trinajstić information content (AvgIpc) is 2.95. The van der Waals surface area contributed by atoms with Gasteiger partial charge >= 0.3 is 17.9 Å². The summed E-state index contributed by atoms with van der Waals surface area (Å²) in [5.74, 6) is -1.79. The summed E-state index contributed by atoms with van der Waals surface area (Å²) >= 11 is 18.6. The molecule has 0 aliphatic heterocycles. The number of rotatable bonds is 9. The second-order valence-corrected chi connectivity index (χ2v) is 7.64. The number of halogens is 3. The number of hydrogen-bond acceptors (Lipinski definition) is 8. The highest BCUT2D eigenvalue weighted by Gasteiger charge is 2.38. The maximum Gasteiger partial charge on any atom is 0.303 e. The number of ether oxygens (including phenoxy) is 4. The molecule has 0 saturated carbocycles. The highest BCUT2D eigenvalue weighted by Crippen LogP contribution is 2.34. The summed E-state index contributed by atoms with van der Waals surface area (Å²) in [5, 5.41) is 0.524. The fraction of sp³-hybridized carbons (Fsp3) is 0.474. The van der Waals surface area contributed by atoms with Crippen LogP contribution in [0, 0.1) is 0 Å². The summed E-state index contributed by atoms with van der Waals surface area (Å²) in [7, 11) is 1.36. The lowest BCUT2D eigenvalue weighted by Crippen LogP contribution is -2.42. The molecule has 1 heterocycles. The molecule has 2 rings (SSSR count). The Morgan fingerprint density at radius 1 is 1.00 bits per heavy atom. The van der Waals surface area contributed by atoms with Crippen LogP contribution < -0.4 is 0 Å². The molecular weight excluding hydrogens is 475 g/mol. The summed E-state index contributed by atoms with van der Waals surface area (Å²) in [5.41, 5.74) is 0.872. The first kappa shape index (κ1) is 25.2. The molecule has 0 fully saturated rings. The molecule has 1 aromatic carbocycles. The topological polar surface area (TPSA) is 106 Å². The van der Waals surface area contributed by atoms with E-state index in [0.29, 0.717) is 11.0 Å². The van der Waals surface area contributed by atoms with Crippen LogP contribution in [0.4, 0.5) is 0 Å². The van der Waals surface area contributed by atoms with Gasteiger partial charge in [0.2, 0.25) is 5.28 Å². The van der Waals surface area contributed by atoms with Crippen molar-refractivity contribution in [3.8, 4) is 0 Å². The zero-order valence-electron chi connectivity index (χ0n) is 17.2. The molecule has 0 spiro atoms. The number of fused-ring (bicyclic) bond motifs is 1. The van der Waals surface area contributed by atoms with Gasteiger partial charge in [0.15, 0.2) is 12.3 Å². The summed E-state index contributed by atoms with van der Waals surface area (Å²) in [6.07, 6.45) is -3.22. The lowest BCUT2D eigenvalue weighted by atomic mass is 10.1. The van der Waals surface area contributed by atoms with Crippen LogP contribution in [0.5, 0.6) is 0 Å². The summed E-state index contributed by atoms with van der Waals surface area (Å²) < 4.78 is 22.8. The van der Waals surface area contributed by atoms with E-state index in [9.17, 15) is 14.4 Å². The van der Waals surface area contributed by atoms with E-state index in [2.05, 4.69) is 4.98 Å². The number of esters is 3. The maximum atomic E-state index is 11.9. The molecule has 2 aromatic rings. The van der Waals surface area contributed by atoms with Crippen LogP contribution in [0.25, 0.3) is 11.0 Å². The lowest BCUT2D eigenvalue weighted by Gasteiger charge is -2.32. The van der Waals surface area contributed by atoms with Gasteiger partial charge in [-0.3, -0.25) is 19.0 Å². The van der Waals surface area contributed by atoms with E-state index >= 15 is 0 Å². The van der Waals surface area contributed by atoms with Gasteiger partial charge in [-0.25, -0.2) is 4.98 Å². The monoisotopic (exact) mass is 494 g/mol. The first-order valence-electron chi connectivity index (χ1n) is 9.08. The van der Waals surface area contributed by atoms with E-state index < -0.39 is 36.3 Å². The van der Waals surface area contributed by atoms with Crippen molar-refractivity contribution in [1.29, 1.82) is 0 Å². The first-order valence-corrected chi connectivity index (χ1v) is 10.2. The minimum atomic E-state index is -1.16. The normalized spacial score (nSPS) is 14.0. The molecule has 0 saturated heterocycles. The highest BCUT2D eigenvalue weighted by molar-refractivity contribution is 6.42. The molecule has 2 unspecified atom stereocenters. The molecule has 0 amide bonds. The number of carbonyl (C=O) groups excluding carboxylic acids is 3. The fourth-order valence-electron chi connectivity index (χ4n) is 3.02. The van der Waals surface area contributed by atoms with E-state index in [-0.39, 0.29) is 28.4 Å². The van der Waals surface area contributed by atoms with Gasteiger partial charge in [-0.1, -0.05) is 23.2 Å². The highest BCUT2D eigenvalue weighted by atomic mass is 35.5. The number of nitrogens with zero attached hydrogens (tertiary/aromatic N) is 2. The molecular formula is C19H21Cl3N2O7. The minimum absolute atomic E-state index is 0.00102. The number of aromatic nitrogens is 2. The van der Waals surface area contributed by atoms with Crippen molar-refractivity contribution in [2.24, 2.45) is 0 Å². The van der Waals surface area contributed by atoms with Crippen LogP contribution in [0.15, 0.2) is 12.1 Å². The fourth-order valence-corrected chi connectivity index (χ4v) is 3.62. The van der Waals surface area contributed by atoms with Gasteiger partial charge in [-0.05, 0) is 23.7 Å². The summed E-state index contributed by atoms with van der Waals surface area (Å²) in [6, 6.07) is 3.06. The van der Waals surface area contributed by atoms with Crippen molar-refractivity contribution in [3.63, 3.8) is 0 Å². The Labute approximate surface area is 193 Å². The predicted molar refractivity (Wildman–Crippen MR) is 113 cm³/mol. The van der Waals surface area contributed by atoms with Gasteiger partial charge in [0.05, 0.1) is 27.7 Å². The van der Waals surface area contributed by atoms with Crippen molar-refractivity contribution >= 4 is 63.7 Å². The first-order chi connectivity index (χ1) is 14.5. The van der Waals surface area contributed by atoms with Crippen LogP contribution in [0.3, 0.4) is 0 Å². The molecule has 3 atom stereocenters. The van der Waals surface area contributed by atoms with Gasteiger partial charge in [0.25, 0.3) is 0 Å². The Kier molecular flexibility index (Phi) is 8.93. The second-order valence-electron chi connectivity index (χ2n) is 6.48. The average molecular weight is 496 g/mol. The molecule has 170 valence electrons. The largest absolute Gasteiger partial charge is 0.466 e. The van der Waals surface area contributed by atoms with E-state index in [1.807, 2.05) is 0 Å². The molecule has 0 aliphatic rings. The third-order valence-corrected chi connectivity index (χ3v) is 5.15. The van der Waals surface area contributed by atoms with Crippen molar-refractivity contribution in [3.05, 3.63) is 27.5 Å². The molecule has 12 heteroatoms. The maximum absolute atomic E-state index is 11.9. The van der Waals surface area contributed by atoms with Crippen molar-refractivity contribution in [2.45, 2.75) is 45.6 Å². The Balaban J connectivity index is 2.55. The van der Waals surface area contributed by atoms with Gasteiger partial charge in [0, 0.05) is 34.3 Å². The molecule has 0 N–H and O–H groups in total. The number of imidazole rings is 1. The Bertz CT molecular complexity index is 979. The van der Waals surface area contributed by atoms with Crippen molar-refractivity contribution in [2.75, 3.05) is 13.7 Å². The number of carbonyl (C=O) groups is 3. The molecule has 0 aliphatic carbocycles. The van der Waals surface area contributed by atoms with E-state index in [1.165, 1.54) is 44.6 Å². The number of methoxy groups -OCH3 is 1.